The quantitative estimate of drug-likeness (QED) is 0.515. The summed E-state index contributed by atoms with van der Waals surface area (Å²) in [5.41, 5.74) is 0. The summed E-state index contributed by atoms with van der Waals surface area (Å²) in [6.45, 7) is 1.48. The Morgan fingerprint density at radius 1 is 1.75 bits per heavy atom. The summed E-state index contributed by atoms with van der Waals surface area (Å²) >= 11 is 5.70. The first-order chi connectivity index (χ1) is 5.74. The maximum atomic E-state index is 10.8. The lowest BCUT2D eigenvalue weighted by molar-refractivity contribution is -0.140. The van der Waals surface area contributed by atoms with E-state index in [1.807, 2.05) is 0 Å². The summed E-state index contributed by atoms with van der Waals surface area (Å²) in [7, 11) is 1.35. The Morgan fingerprint density at radius 3 is 2.92 bits per heavy atom. The van der Waals surface area contributed by atoms with E-state index in [1.165, 1.54) is 20.0 Å². The molecular formula is C8H14ClNO2. The van der Waals surface area contributed by atoms with E-state index < -0.39 is 5.38 Å². The zero-order valence-corrected chi connectivity index (χ0v) is 7.93. The number of halogens is 1. The summed E-state index contributed by atoms with van der Waals surface area (Å²) in [4.78, 5) is 10.8. The predicted molar refractivity (Wildman–Crippen MR) is 47.3 cm³/mol. The SMILES string of the molecule is COC(=O)C(Cl)CNCC1CC1. The summed E-state index contributed by atoms with van der Waals surface area (Å²) in [6, 6.07) is 0. The van der Waals surface area contributed by atoms with Gasteiger partial charge < -0.3 is 10.1 Å². The maximum absolute atomic E-state index is 10.8. The number of nitrogens with one attached hydrogen (secondary N) is 1. The Morgan fingerprint density at radius 2 is 2.42 bits per heavy atom. The van der Waals surface area contributed by atoms with Crippen molar-refractivity contribution in [3.8, 4) is 0 Å². The Labute approximate surface area is 77.4 Å². The molecule has 0 aromatic carbocycles. The van der Waals surface area contributed by atoms with Gasteiger partial charge in [-0.2, -0.15) is 0 Å². The number of methoxy groups -OCH3 is 1. The van der Waals surface area contributed by atoms with Crippen LogP contribution in [0.15, 0.2) is 0 Å². The fraction of sp³-hybridized carbons (Fsp3) is 0.875. The third kappa shape index (κ3) is 3.41. The highest BCUT2D eigenvalue weighted by molar-refractivity contribution is 6.30. The third-order valence-corrected chi connectivity index (χ3v) is 2.24. The van der Waals surface area contributed by atoms with Gasteiger partial charge in [0.2, 0.25) is 0 Å². The number of carbonyl (C=O) groups is 1. The van der Waals surface area contributed by atoms with Crippen molar-refractivity contribution in [3.05, 3.63) is 0 Å². The van der Waals surface area contributed by atoms with Crippen LogP contribution in [0.3, 0.4) is 0 Å². The van der Waals surface area contributed by atoms with Gasteiger partial charge in [0.05, 0.1) is 7.11 Å². The summed E-state index contributed by atoms with van der Waals surface area (Å²) < 4.78 is 4.47. The van der Waals surface area contributed by atoms with Crippen molar-refractivity contribution in [3.63, 3.8) is 0 Å². The Kier molecular flexibility index (Phi) is 3.82. The molecule has 1 N–H and O–H groups in total. The summed E-state index contributed by atoms with van der Waals surface area (Å²) in [5, 5.41) is 2.58. The summed E-state index contributed by atoms with van der Waals surface area (Å²) in [6.07, 6.45) is 2.61. The molecule has 0 aromatic heterocycles. The molecule has 1 atom stereocenters. The minimum Gasteiger partial charge on any atom is -0.468 e. The Hall–Kier alpha value is -0.280. The smallest absolute Gasteiger partial charge is 0.325 e. The topological polar surface area (TPSA) is 38.3 Å². The number of rotatable bonds is 5. The Bertz CT molecular complexity index is 159. The molecule has 0 heterocycles. The van der Waals surface area contributed by atoms with E-state index in [1.54, 1.807) is 0 Å². The van der Waals surface area contributed by atoms with E-state index in [9.17, 15) is 4.79 Å². The van der Waals surface area contributed by atoms with E-state index in [-0.39, 0.29) is 5.97 Å². The molecular weight excluding hydrogens is 178 g/mol. The largest absolute Gasteiger partial charge is 0.468 e. The van der Waals surface area contributed by atoms with Crippen LogP contribution in [0.1, 0.15) is 12.8 Å². The number of hydrogen-bond acceptors (Lipinski definition) is 3. The second-order valence-corrected chi connectivity index (χ2v) is 3.62. The lowest BCUT2D eigenvalue weighted by atomic mass is 10.4. The zero-order valence-electron chi connectivity index (χ0n) is 7.18. The van der Waals surface area contributed by atoms with Gasteiger partial charge >= 0.3 is 5.97 Å². The van der Waals surface area contributed by atoms with Crippen molar-refractivity contribution >= 4 is 17.6 Å². The molecule has 4 heteroatoms. The van der Waals surface area contributed by atoms with Crippen molar-refractivity contribution in [2.24, 2.45) is 5.92 Å². The molecule has 0 aliphatic heterocycles. The van der Waals surface area contributed by atoms with Crippen LogP contribution in [0, 0.1) is 5.92 Å². The molecule has 1 saturated carbocycles. The van der Waals surface area contributed by atoms with Gasteiger partial charge in [-0.25, -0.2) is 0 Å². The fourth-order valence-electron chi connectivity index (χ4n) is 0.947. The first kappa shape index (κ1) is 9.81. The van der Waals surface area contributed by atoms with E-state index in [4.69, 9.17) is 11.6 Å². The molecule has 70 valence electrons. The number of carbonyl (C=O) groups excluding carboxylic acids is 1. The standard InChI is InChI=1S/C8H14ClNO2/c1-12-8(11)7(9)5-10-4-6-2-3-6/h6-7,10H,2-5H2,1H3. The minimum absolute atomic E-state index is 0.361. The van der Waals surface area contributed by atoms with Gasteiger partial charge in [-0.1, -0.05) is 0 Å². The third-order valence-electron chi connectivity index (χ3n) is 1.91. The van der Waals surface area contributed by atoms with E-state index in [2.05, 4.69) is 10.1 Å². The molecule has 1 rings (SSSR count). The van der Waals surface area contributed by atoms with E-state index >= 15 is 0 Å². The lowest BCUT2D eigenvalue weighted by Crippen LogP contribution is -2.31. The van der Waals surface area contributed by atoms with E-state index in [0.29, 0.717) is 6.54 Å². The van der Waals surface area contributed by atoms with Gasteiger partial charge in [0.15, 0.2) is 0 Å². The average molecular weight is 192 g/mol. The predicted octanol–water partition coefficient (Wildman–Crippen LogP) is 0.766. The van der Waals surface area contributed by atoms with Gasteiger partial charge in [-0.15, -0.1) is 11.6 Å². The summed E-state index contributed by atoms with van der Waals surface area (Å²) in [5.74, 6) is 0.450. The van der Waals surface area contributed by atoms with Crippen molar-refractivity contribution in [2.75, 3.05) is 20.2 Å². The first-order valence-electron chi connectivity index (χ1n) is 4.16. The highest BCUT2D eigenvalue weighted by atomic mass is 35.5. The first-order valence-corrected chi connectivity index (χ1v) is 4.60. The molecule has 0 bridgehead atoms. The minimum atomic E-state index is -0.547. The van der Waals surface area contributed by atoms with Crippen molar-refractivity contribution in [1.29, 1.82) is 0 Å². The lowest BCUT2D eigenvalue weighted by Gasteiger charge is -2.07. The van der Waals surface area contributed by atoms with Crippen molar-refractivity contribution < 1.29 is 9.53 Å². The number of ether oxygens (including phenoxy) is 1. The molecule has 1 fully saturated rings. The monoisotopic (exact) mass is 191 g/mol. The highest BCUT2D eigenvalue weighted by Gasteiger charge is 2.22. The molecule has 0 amide bonds. The molecule has 3 nitrogen and oxygen atoms in total. The second-order valence-electron chi connectivity index (χ2n) is 3.09. The van der Waals surface area contributed by atoms with Gasteiger partial charge in [-0.3, -0.25) is 4.79 Å². The van der Waals surface area contributed by atoms with Crippen LogP contribution in [-0.2, 0) is 9.53 Å². The molecule has 12 heavy (non-hydrogen) atoms. The van der Waals surface area contributed by atoms with Crippen LogP contribution in [0.25, 0.3) is 0 Å². The number of alkyl halides is 1. The average Bonchev–Trinajstić information content (AvgIpc) is 2.86. The number of hydrogen-bond donors (Lipinski definition) is 1. The normalized spacial score (nSPS) is 18.8. The van der Waals surface area contributed by atoms with Gasteiger partial charge in [-0.05, 0) is 25.3 Å². The van der Waals surface area contributed by atoms with Crippen LogP contribution in [-0.4, -0.2) is 31.5 Å². The van der Waals surface area contributed by atoms with Crippen molar-refractivity contribution in [2.45, 2.75) is 18.2 Å². The molecule has 0 saturated heterocycles. The Balaban J connectivity index is 2.00. The molecule has 0 aromatic rings. The molecule has 1 aliphatic rings. The molecule has 0 spiro atoms. The molecule has 1 aliphatic carbocycles. The van der Waals surface area contributed by atoms with E-state index in [0.717, 1.165) is 12.5 Å². The van der Waals surface area contributed by atoms with Gasteiger partial charge in [0.1, 0.15) is 5.38 Å². The van der Waals surface area contributed by atoms with Crippen LogP contribution >= 0.6 is 11.6 Å². The maximum Gasteiger partial charge on any atom is 0.325 e. The fourth-order valence-corrected chi connectivity index (χ4v) is 1.15. The highest BCUT2D eigenvalue weighted by Crippen LogP contribution is 2.27. The van der Waals surface area contributed by atoms with Crippen molar-refractivity contribution in [1.82, 2.24) is 5.32 Å². The van der Waals surface area contributed by atoms with Crippen LogP contribution in [0.2, 0.25) is 0 Å². The van der Waals surface area contributed by atoms with Gasteiger partial charge in [0, 0.05) is 6.54 Å². The van der Waals surface area contributed by atoms with Crippen LogP contribution in [0.4, 0.5) is 0 Å². The van der Waals surface area contributed by atoms with Gasteiger partial charge in [0.25, 0.3) is 0 Å². The zero-order chi connectivity index (χ0) is 8.97. The second kappa shape index (κ2) is 4.67. The number of esters is 1. The van der Waals surface area contributed by atoms with Crippen LogP contribution < -0.4 is 5.32 Å². The van der Waals surface area contributed by atoms with Crippen LogP contribution in [0.5, 0.6) is 0 Å². The molecule has 1 unspecified atom stereocenters. The molecule has 0 radical (unpaired) electrons.